The number of aromatic nitrogens is 2. The molecular formula is C11H11ClN2O. The Kier molecular flexibility index (Phi) is 2.49. The van der Waals surface area contributed by atoms with Crippen molar-refractivity contribution >= 4 is 28.4 Å². The van der Waals surface area contributed by atoms with Gasteiger partial charge in [0.15, 0.2) is 5.78 Å². The second-order valence-electron chi connectivity index (χ2n) is 3.78. The summed E-state index contributed by atoms with van der Waals surface area (Å²) in [6, 6.07) is 3.46. The van der Waals surface area contributed by atoms with E-state index in [0.717, 1.165) is 5.52 Å². The Hall–Kier alpha value is -1.35. The van der Waals surface area contributed by atoms with Crippen molar-refractivity contribution in [2.24, 2.45) is 5.92 Å². The molecule has 78 valence electrons. The molecule has 0 aliphatic carbocycles. The number of rotatable bonds is 2. The van der Waals surface area contributed by atoms with E-state index in [0.29, 0.717) is 16.1 Å². The highest BCUT2D eigenvalue weighted by Gasteiger charge is 2.13. The molecule has 0 spiro atoms. The van der Waals surface area contributed by atoms with Crippen LogP contribution in [0.25, 0.3) is 11.0 Å². The summed E-state index contributed by atoms with van der Waals surface area (Å²) < 4.78 is 0. The second-order valence-corrected chi connectivity index (χ2v) is 4.18. The number of H-pyrrole nitrogens is 1. The maximum Gasteiger partial charge on any atom is 0.165 e. The van der Waals surface area contributed by atoms with Crippen molar-refractivity contribution in [1.82, 2.24) is 9.97 Å². The first-order chi connectivity index (χ1) is 7.09. The van der Waals surface area contributed by atoms with Gasteiger partial charge < -0.3 is 4.98 Å². The number of carbonyl (C=O) groups is 1. The number of aromatic amines is 1. The van der Waals surface area contributed by atoms with Crippen LogP contribution in [0.2, 0.25) is 5.02 Å². The van der Waals surface area contributed by atoms with Gasteiger partial charge in [-0.1, -0.05) is 25.4 Å². The van der Waals surface area contributed by atoms with Crippen LogP contribution in [0, 0.1) is 5.92 Å². The van der Waals surface area contributed by atoms with E-state index in [9.17, 15) is 4.79 Å². The smallest absolute Gasteiger partial charge is 0.165 e. The lowest BCUT2D eigenvalue weighted by atomic mass is 10.0. The Balaban J connectivity index is 2.59. The van der Waals surface area contributed by atoms with E-state index < -0.39 is 0 Å². The number of hydrogen-bond acceptors (Lipinski definition) is 2. The molecule has 0 aliphatic heterocycles. The van der Waals surface area contributed by atoms with Gasteiger partial charge in [0.25, 0.3) is 0 Å². The van der Waals surface area contributed by atoms with Crippen molar-refractivity contribution < 1.29 is 4.79 Å². The van der Waals surface area contributed by atoms with Crippen LogP contribution < -0.4 is 0 Å². The molecule has 15 heavy (non-hydrogen) atoms. The summed E-state index contributed by atoms with van der Waals surface area (Å²) in [4.78, 5) is 18.8. The van der Waals surface area contributed by atoms with Crippen molar-refractivity contribution in [3.63, 3.8) is 0 Å². The topological polar surface area (TPSA) is 45.8 Å². The lowest BCUT2D eigenvalue weighted by Crippen LogP contribution is -2.07. The van der Waals surface area contributed by atoms with E-state index in [2.05, 4.69) is 9.97 Å². The molecule has 3 nitrogen and oxygen atoms in total. The maximum atomic E-state index is 11.8. The minimum Gasteiger partial charge on any atom is -0.345 e. The minimum absolute atomic E-state index is 0.0264. The van der Waals surface area contributed by atoms with E-state index in [1.807, 2.05) is 13.8 Å². The predicted molar refractivity (Wildman–Crippen MR) is 60.3 cm³/mol. The molecule has 0 unspecified atom stereocenters. The summed E-state index contributed by atoms with van der Waals surface area (Å²) >= 11 is 6.02. The third-order valence-corrected chi connectivity index (χ3v) is 2.57. The van der Waals surface area contributed by atoms with E-state index >= 15 is 0 Å². The molecule has 0 aliphatic rings. The molecule has 0 saturated heterocycles. The van der Waals surface area contributed by atoms with Gasteiger partial charge >= 0.3 is 0 Å². The number of benzene rings is 1. The zero-order chi connectivity index (χ0) is 11.0. The molecule has 2 rings (SSSR count). The average molecular weight is 223 g/mol. The normalized spacial score (nSPS) is 11.2. The van der Waals surface area contributed by atoms with Gasteiger partial charge in [-0.3, -0.25) is 4.79 Å². The van der Waals surface area contributed by atoms with Gasteiger partial charge in [-0.2, -0.15) is 0 Å². The van der Waals surface area contributed by atoms with E-state index in [4.69, 9.17) is 11.6 Å². The summed E-state index contributed by atoms with van der Waals surface area (Å²) in [5, 5.41) is 0.512. The van der Waals surface area contributed by atoms with Gasteiger partial charge in [0.2, 0.25) is 0 Å². The number of imidazole rings is 1. The number of Topliss-reactive ketones (excluding diaryl/α,β-unsaturated/α-hetero) is 1. The average Bonchev–Trinajstić information content (AvgIpc) is 2.64. The van der Waals surface area contributed by atoms with Crippen molar-refractivity contribution in [3.8, 4) is 0 Å². The Morgan fingerprint density at radius 2 is 2.20 bits per heavy atom. The molecular weight excluding hydrogens is 212 g/mol. The monoisotopic (exact) mass is 222 g/mol. The van der Waals surface area contributed by atoms with Gasteiger partial charge in [-0.15, -0.1) is 0 Å². The fourth-order valence-electron chi connectivity index (χ4n) is 1.48. The van der Waals surface area contributed by atoms with Crippen molar-refractivity contribution in [1.29, 1.82) is 0 Å². The maximum absolute atomic E-state index is 11.8. The fraction of sp³-hybridized carbons (Fsp3) is 0.273. The molecule has 4 heteroatoms. The largest absolute Gasteiger partial charge is 0.345 e. The number of halogens is 1. The Morgan fingerprint density at radius 3 is 2.87 bits per heavy atom. The fourth-order valence-corrected chi connectivity index (χ4v) is 1.75. The summed E-state index contributed by atoms with van der Waals surface area (Å²) in [7, 11) is 0. The Morgan fingerprint density at radius 1 is 1.47 bits per heavy atom. The molecule has 0 saturated carbocycles. The predicted octanol–water partition coefficient (Wildman–Crippen LogP) is 3.06. The zero-order valence-electron chi connectivity index (χ0n) is 8.54. The molecule has 0 radical (unpaired) electrons. The highest BCUT2D eigenvalue weighted by Crippen LogP contribution is 2.23. The molecule has 0 atom stereocenters. The standard InChI is InChI=1S/C11H11ClN2O/c1-6(2)11(15)7-3-8(12)10-9(4-7)13-5-14-10/h3-6H,1-2H3,(H,13,14). The SMILES string of the molecule is CC(C)C(=O)c1cc(Cl)c2nc[nH]c2c1. The lowest BCUT2D eigenvalue weighted by molar-refractivity contribution is 0.0939. The summed E-state index contributed by atoms with van der Waals surface area (Å²) in [6.45, 7) is 3.74. The van der Waals surface area contributed by atoms with Crippen molar-refractivity contribution in [2.45, 2.75) is 13.8 Å². The van der Waals surface area contributed by atoms with Gasteiger partial charge in [0.05, 0.1) is 16.9 Å². The first-order valence-corrected chi connectivity index (χ1v) is 5.14. The number of hydrogen-bond donors (Lipinski definition) is 1. The summed E-state index contributed by atoms with van der Waals surface area (Å²) in [5.41, 5.74) is 2.13. The van der Waals surface area contributed by atoms with E-state index in [1.165, 1.54) is 0 Å². The molecule has 2 aromatic rings. The van der Waals surface area contributed by atoms with Gasteiger partial charge in [0, 0.05) is 11.5 Å². The molecule has 1 aromatic heterocycles. The zero-order valence-corrected chi connectivity index (χ0v) is 9.30. The molecule has 0 fully saturated rings. The van der Waals surface area contributed by atoms with Gasteiger partial charge in [-0.05, 0) is 12.1 Å². The molecule has 0 amide bonds. The number of ketones is 1. The van der Waals surface area contributed by atoms with E-state index in [-0.39, 0.29) is 11.7 Å². The minimum atomic E-state index is -0.0264. The van der Waals surface area contributed by atoms with Crippen molar-refractivity contribution in [3.05, 3.63) is 29.0 Å². The Labute approximate surface area is 92.5 Å². The van der Waals surface area contributed by atoms with E-state index in [1.54, 1.807) is 18.5 Å². The number of fused-ring (bicyclic) bond motifs is 1. The summed E-state index contributed by atoms with van der Waals surface area (Å²) in [6.07, 6.45) is 1.57. The third kappa shape index (κ3) is 1.75. The van der Waals surface area contributed by atoms with Gasteiger partial charge in [-0.25, -0.2) is 4.98 Å². The highest BCUT2D eigenvalue weighted by atomic mass is 35.5. The highest BCUT2D eigenvalue weighted by molar-refractivity contribution is 6.35. The second kappa shape index (κ2) is 3.66. The third-order valence-electron chi connectivity index (χ3n) is 2.29. The van der Waals surface area contributed by atoms with Crippen LogP contribution >= 0.6 is 11.6 Å². The first-order valence-electron chi connectivity index (χ1n) is 4.76. The molecule has 1 aromatic carbocycles. The Bertz CT molecular complexity index is 516. The first kappa shape index (κ1) is 10.2. The number of nitrogens with one attached hydrogen (secondary N) is 1. The quantitative estimate of drug-likeness (QED) is 0.794. The molecule has 0 bridgehead atoms. The van der Waals surface area contributed by atoms with Crippen LogP contribution in [0.1, 0.15) is 24.2 Å². The molecule has 1 heterocycles. The lowest BCUT2D eigenvalue weighted by Gasteiger charge is -2.04. The van der Waals surface area contributed by atoms with Crippen molar-refractivity contribution in [2.75, 3.05) is 0 Å². The van der Waals surface area contributed by atoms with Crippen LogP contribution in [-0.4, -0.2) is 15.8 Å². The number of carbonyl (C=O) groups excluding carboxylic acids is 1. The van der Waals surface area contributed by atoms with Crippen LogP contribution in [0.5, 0.6) is 0 Å². The van der Waals surface area contributed by atoms with Crippen LogP contribution in [0.4, 0.5) is 0 Å². The van der Waals surface area contributed by atoms with Crippen LogP contribution in [0.15, 0.2) is 18.5 Å². The summed E-state index contributed by atoms with van der Waals surface area (Å²) in [5.74, 6) is 0.0647. The van der Waals surface area contributed by atoms with Gasteiger partial charge in [0.1, 0.15) is 5.52 Å². The number of nitrogens with zero attached hydrogens (tertiary/aromatic N) is 1. The molecule has 1 N–H and O–H groups in total. The van der Waals surface area contributed by atoms with Crippen LogP contribution in [-0.2, 0) is 0 Å². The van der Waals surface area contributed by atoms with Crippen LogP contribution in [0.3, 0.4) is 0 Å².